The van der Waals surface area contributed by atoms with Crippen molar-refractivity contribution in [3.05, 3.63) is 81.5 Å². The summed E-state index contributed by atoms with van der Waals surface area (Å²) < 4.78 is 78.9. The Hall–Kier alpha value is -2.92. The van der Waals surface area contributed by atoms with Gasteiger partial charge in [0.1, 0.15) is 17.5 Å². The highest BCUT2D eigenvalue weighted by Gasteiger charge is 2.38. The SMILES string of the molecule is C=C1C(c2ccc(C(F)(F)F)cc2)=C(Br)OC1C(CCCO)Oc1ccc(F)c(C(N)=O)c1F. The van der Waals surface area contributed by atoms with Crippen molar-refractivity contribution in [1.29, 1.82) is 0 Å². The number of carbonyl (C=O) groups excluding carboxylic acids is 1. The van der Waals surface area contributed by atoms with Crippen LogP contribution in [0.5, 0.6) is 5.75 Å². The van der Waals surface area contributed by atoms with Crippen molar-refractivity contribution >= 4 is 27.4 Å². The van der Waals surface area contributed by atoms with E-state index in [1.54, 1.807) is 0 Å². The van der Waals surface area contributed by atoms with Gasteiger partial charge >= 0.3 is 6.18 Å². The van der Waals surface area contributed by atoms with E-state index >= 15 is 0 Å². The average Bonchev–Trinajstić information content (AvgIpc) is 3.05. The molecule has 0 aliphatic carbocycles. The van der Waals surface area contributed by atoms with Gasteiger partial charge in [0.2, 0.25) is 0 Å². The van der Waals surface area contributed by atoms with Crippen LogP contribution in [-0.2, 0) is 10.9 Å². The Morgan fingerprint density at radius 3 is 2.41 bits per heavy atom. The van der Waals surface area contributed by atoms with Gasteiger partial charge in [-0.1, -0.05) is 18.7 Å². The zero-order valence-electron chi connectivity index (χ0n) is 17.5. The average molecular weight is 548 g/mol. The van der Waals surface area contributed by atoms with Gasteiger partial charge in [-0.25, -0.2) is 8.78 Å². The molecule has 0 spiro atoms. The van der Waals surface area contributed by atoms with Crippen LogP contribution in [0.15, 0.2) is 53.2 Å². The number of rotatable bonds is 8. The Morgan fingerprint density at radius 1 is 1.21 bits per heavy atom. The molecular weight excluding hydrogens is 529 g/mol. The van der Waals surface area contributed by atoms with E-state index in [-0.39, 0.29) is 24.1 Å². The van der Waals surface area contributed by atoms with Crippen LogP contribution in [0.25, 0.3) is 5.57 Å². The number of hydrogen-bond acceptors (Lipinski definition) is 4. The fourth-order valence-electron chi connectivity index (χ4n) is 3.51. The van der Waals surface area contributed by atoms with Crippen LogP contribution in [0.3, 0.4) is 0 Å². The van der Waals surface area contributed by atoms with Crippen LogP contribution >= 0.6 is 15.9 Å². The molecule has 0 aromatic heterocycles. The molecule has 2 aromatic carbocycles. The molecule has 3 rings (SSSR count). The van der Waals surface area contributed by atoms with Gasteiger partial charge in [0.25, 0.3) is 5.91 Å². The Balaban J connectivity index is 1.90. The van der Waals surface area contributed by atoms with Gasteiger partial charge in [0.05, 0.1) is 5.56 Å². The molecule has 0 fully saturated rings. The highest BCUT2D eigenvalue weighted by Crippen LogP contribution is 2.43. The third-order valence-electron chi connectivity index (χ3n) is 5.16. The van der Waals surface area contributed by atoms with E-state index in [0.29, 0.717) is 16.7 Å². The van der Waals surface area contributed by atoms with Crippen molar-refractivity contribution in [2.45, 2.75) is 31.2 Å². The molecule has 2 atom stereocenters. The molecule has 3 N–H and O–H groups in total. The lowest BCUT2D eigenvalue weighted by Crippen LogP contribution is -2.33. The van der Waals surface area contributed by atoms with E-state index in [0.717, 1.165) is 24.3 Å². The smallest absolute Gasteiger partial charge is 0.416 e. The van der Waals surface area contributed by atoms with Crippen molar-refractivity contribution in [1.82, 2.24) is 0 Å². The fraction of sp³-hybridized carbons (Fsp3) is 0.261. The summed E-state index contributed by atoms with van der Waals surface area (Å²) in [5.74, 6) is -4.23. The Kier molecular flexibility index (Phi) is 7.67. The first-order chi connectivity index (χ1) is 16.0. The number of primary amides is 1. The Bertz CT molecular complexity index is 1130. The number of amides is 1. The molecule has 0 saturated carbocycles. The standard InChI is InChI=1S/C23H19BrF5NO4/c1-11-17(12-4-6-13(7-5-12)23(27,28)29)21(24)34-20(11)16(3-2-10-31)33-15-9-8-14(25)18(19(15)26)22(30)32/h4-9,16,20,31H,1-3,10H2,(H2,30,32). The molecule has 0 bridgehead atoms. The third kappa shape index (κ3) is 5.25. The van der Waals surface area contributed by atoms with Crippen LogP contribution in [-0.4, -0.2) is 29.8 Å². The van der Waals surface area contributed by atoms with Crippen molar-refractivity contribution < 1.29 is 41.3 Å². The number of hydrogen-bond donors (Lipinski definition) is 2. The molecule has 2 unspecified atom stereocenters. The highest BCUT2D eigenvalue weighted by atomic mass is 79.9. The van der Waals surface area contributed by atoms with E-state index in [2.05, 4.69) is 22.5 Å². The Labute approximate surface area is 199 Å². The summed E-state index contributed by atoms with van der Waals surface area (Å²) in [7, 11) is 0. The largest absolute Gasteiger partial charge is 0.483 e. The molecule has 0 radical (unpaired) electrons. The predicted octanol–water partition coefficient (Wildman–Crippen LogP) is 5.32. The van der Waals surface area contributed by atoms with Crippen molar-refractivity contribution in [2.24, 2.45) is 5.73 Å². The molecule has 1 amide bonds. The molecule has 1 aliphatic heterocycles. The van der Waals surface area contributed by atoms with Gasteiger partial charge in [-0.05, 0) is 58.6 Å². The maximum absolute atomic E-state index is 14.7. The first-order valence-electron chi connectivity index (χ1n) is 9.94. The topological polar surface area (TPSA) is 81.8 Å². The highest BCUT2D eigenvalue weighted by molar-refractivity contribution is 9.11. The Morgan fingerprint density at radius 2 is 1.85 bits per heavy atom. The number of alkyl halides is 3. The first kappa shape index (κ1) is 25.7. The summed E-state index contributed by atoms with van der Waals surface area (Å²) in [6, 6.07) is 6.18. The lowest BCUT2D eigenvalue weighted by Gasteiger charge is -2.26. The summed E-state index contributed by atoms with van der Waals surface area (Å²) >= 11 is 3.24. The molecule has 34 heavy (non-hydrogen) atoms. The second kappa shape index (κ2) is 10.1. The molecule has 2 aromatic rings. The van der Waals surface area contributed by atoms with Crippen LogP contribution in [0, 0.1) is 11.6 Å². The number of aliphatic hydroxyl groups is 1. The molecule has 1 heterocycles. The third-order valence-corrected chi connectivity index (χ3v) is 5.74. The zero-order chi connectivity index (χ0) is 25.2. The van der Waals surface area contributed by atoms with Crippen LogP contribution in [0.4, 0.5) is 22.0 Å². The fourth-order valence-corrected chi connectivity index (χ4v) is 4.20. The van der Waals surface area contributed by atoms with E-state index in [1.165, 1.54) is 12.1 Å². The van der Waals surface area contributed by atoms with E-state index in [4.69, 9.17) is 15.2 Å². The molecule has 11 heteroatoms. The van der Waals surface area contributed by atoms with Gasteiger partial charge < -0.3 is 20.3 Å². The van der Waals surface area contributed by atoms with Crippen molar-refractivity contribution in [3.63, 3.8) is 0 Å². The molecule has 182 valence electrons. The van der Waals surface area contributed by atoms with Gasteiger partial charge in [0.15, 0.2) is 22.3 Å². The maximum atomic E-state index is 14.7. The summed E-state index contributed by atoms with van der Waals surface area (Å²) in [5, 5.41) is 9.26. The number of benzene rings is 2. The van der Waals surface area contributed by atoms with Gasteiger partial charge in [-0.2, -0.15) is 13.2 Å². The number of aliphatic hydroxyl groups excluding tert-OH is 1. The normalized spacial score (nSPS) is 17.0. The quantitative estimate of drug-likeness (QED) is 0.438. The predicted molar refractivity (Wildman–Crippen MR) is 117 cm³/mol. The summed E-state index contributed by atoms with van der Waals surface area (Å²) in [6.45, 7) is 3.74. The number of ether oxygens (including phenoxy) is 2. The lowest BCUT2D eigenvalue weighted by atomic mass is 9.93. The number of nitrogens with two attached hydrogens (primary N) is 1. The summed E-state index contributed by atoms with van der Waals surface area (Å²) in [5.41, 5.74) is 4.36. The molecule has 1 aliphatic rings. The minimum atomic E-state index is -4.50. The first-order valence-corrected chi connectivity index (χ1v) is 10.7. The lowest BCUT2D eigenvalue weighted by molar-refractivity contribution is -0.137. The van der Waals surface area contributed by atoms with E-state index < -0.39 is 52.8 Å². The van der Waals surface area contributed by atoms with Gasteiger partial charge in [-0.3, -0.25) is 4.79 Å². The number of carbonyl (C=O) groups is 1. The van der Waals surface area contributed by atoms with Gasteiger partial charge in [-0.15, -0.1) is 0 Å². The maximum Gasteiger partial charge on any atom is 0.416 e. The summed E-state index contributed by atoms with van der Waals surface area (Å²) in [4.78, 5) is 11.4. The second-order valence-corrected chi connectivity index (χ2v) is 8.13. The van der Waals surface area contributed by atoms with Crippen molar-refractivity contribution in [2.75, 3.05) is 6.61 Å². The molecule has 0 saturated heterocycles. The van der Waals surface area contributed by atoms with Crippen LogP contribution in [0.2, 0.25) is 0 Å². The second-order valence-electron chi connectivity index (χ2n) is 7.41. The number of halogens is 6. The van der Waals surface area contributed by atoms with E-state index in [9.17, 15) is 31.9 Å². The van der Waals surface area contributed by atoms with E-state index in [1.807, 2.05) is 0 Å². The van der Waals surface area contributed by atoms with Crippen LogP contribution in [0.1, 0.15) is 34.3 Å². The van der Waals surface area contributed by atoms with Gasteiger partial charge in [0, 0.05) is 17.8 Å². The molecular formula is C23H19BrF5NO4. The molecule has 5 nitrogen and oxygen atoms in total. The zero-order valence-corrected chi connectivity index (χ0v) is 19.1. The monoisotopic (exact) mass is 547 g/mol. The minimum absolute atomic E-state index is 0.142. The summed E-state index contributed by atoms with van der Waals surface area (Å²) in [6.07, 6.45) is -6.03. The minimum Gasteiger partial charge on any atom is -0.483 e. The van der Waals surface area contributed by atoms with Crippen molar-refractivity contribution in [3.8, 4) is 5.75 Å². The van der Waals surface area contributed by atoms with Crippen LogP contribution < -0.4 is 10.5 Å².